The molecule has 22 rings (SSSR count). The molecule has 105 heavy (non-hydrogen) atoms. The topological polar surface area (TPSA) is 634 Å². The largest absolute Gasteiger partial charge is 0.394 e. The smallest absolute Gasteiger partial charge is 0.297 e. The van der Waals surface area contributed by atoms with Gasteiger partial charge < -0.3 is 163 Å². The van der Waals surface area contributed by atoms with Gasteiger partial charge in [0.05, 0.1) is 56.0 Å². The molecule has 43 heteroatoms. The van der Waals surface area contributed by atoms with E-state index in [0.717, 1.165) is 66.7 Å². The summed E-state index contributed by atoms with van der Waals surface area (Å²) in [5, 5.41) is 218. The maximum absolute atomic E-state index is 14.7. The van der Waals surface area contributed by atoms with Crippen LogP contribution in [0.15, 0.2) is 82.6 Å². The first kappa shape index (κ1) is 80.0. The van der Waals surface area contributed by atoms with E-state index >= 15 is 0 Å². The van der Waals surface area contributed by atoms with Crippen molar-refractivity contribution in [2.24, 2.45) is 0 Å². The quantitative estimate of drug-likeness (QED) is 0.0977. The number of fused-ring (bicyclic) bond motifs is 6. The molecule has 3 aromatic carbocycles. The summed E-state index contributed by atoms with van der Waals surface area (Å²) < 4.78 is 153. The number of carbonyl (C=O) groups excluding carboxylic acids is 2. The summed E-state index contributed by atoms with van der Waals surface area (Å²) in [6.45, 7) is -8.56. The van der Waals surface area contributed by atoms with Gasteiger partial charge in [0, 0.05) is 22.3 Å². The second kappa shape index (κ2) is 32.8. The van der Waals surface area contributed by atoms with E-state index in [1.165, 1.54) is 6.07 Å². The van der Waals surface area contributed by atoms with Gasteiger partial charge in [0.2, 0.25) is 0 Å². The number of ketones is 2. The van der Waals surface area contributed by atoms with E-state index in [9.17, 15) is 123 Å². The lowest BCUT2D eigenvalue weighted by Gasteiger charge is -2.50. The van der Waals surface area contributed by atoms with Gasteiger partial charge in [-0.05, 0) is 24.3 Å². The molecule has 0 spiro atoms. The number of aliphatic hydroxyl groups excluding tert-OH is 19. The van der Waals surface area contributed by atoms with E-state index in [1.807, 2.05) is 0 Å². The van der Waals surface area contributed by atoms with Crippen LogP contribution in [0.4, 0.5) is 0 Å². The number of ether oxygens (including phenoxy) is 14. The van der Waals surface area contributed by atoms with Crippen molar-refractivity contribution in [3.05, 3.63) is 95.1 Å². The molecule has 19 heterocycles. The van der Waals surface area contributed by atoms with Gasteiger partial charge in [-0.1, -0.05) is 48.5 Å². The lowest BCUT2D eigenvalue weighted by atomic mass is 9.95. The SMILES string of the molecule is O=C1c2ccc(cc2)C(=O)c2cccc(c2)S(=O)(=O)O[C@H]2[C@H]3O[C@H]4[C@H](O)[C@@H](O)[C@@H](O[C@H]5[C@H](O)[C@@H](O)[C@@H](O[C@H]6[C@H](O)[C@@H](O)[C@@H](O[C@H]7[C@@H](O)[C@@H](OS(=O)(=O)c8cccc1c8)[C@@H](O[C@H]1[C@H](O)[C@@H](O)[C@@H](O[C@H]8[C@H](O)[C@@H](O)[C@@H](O[C@@H]([C@H]2O)[C@@H](CO)O3)O[C@@H]8CO)O[C@@H]1CO)O[C@@H]7CO)O[C@@H]6CO)O[C@@H]5CO)O[C@@H]4CO. The van der Waals surface area contributed by atoms with Gasteiger partial charge >= 0.3 is 0 Å². The van der Waals surface area contributed by atoms with Gasteiger partial charge in [-0.2, -0.15) is 16.8 Å². The van der Waals surface area contributed by atoms with Crippen molar-refractivity contribution in [2.75, 3.05) is 46.2 Å². The molecule has 0 radical (unpaired) electrons. The minimum absolute atomic E-state index is 0.183. The van der Waals surface area contributed by atoms with Gasteiger partial charge in [-0.25, -0.2) is 0 Å². The summed E-state index contributed by atoms with van der Waals surface area (Å²) in [5.41, 5.74) is -1.11. The third-order valence-electron chi connectivity index (χ3n) is 19.4. The maximum atomic E-state index is 14.7. The molecule has 0 aromatic heterocycles. The van der Waals surface area contributed by atoms with Gasteiger partial charge in [0.15, 0.2) is 67.8 Å². The fourth-order valence-corrected chi connectivity index (χ4v) is 15.9. The zero-order valence-electron chi connectivity index (χ0n) is 54.4. The molecule has 0 saturated carbocycles. The number of benzene rings is 3. The van der Waals surface area contributed by atoms with Crippen molar-refractivity contribution < 1.29 is 198 Å². The van der Waals surface area contributed by atoms with Crippen LogP contribution in [0, 0.1) is 0 Å². The van der Waals surface area contributed by atoms with Crippen molar-refractivity contribution in [2.45, 2.75) is 225 Å². The lowest BCUT2D eigenvalue weighted by molar-refractivity contribution is -0.395. The fraction of sp³-hybridized carbons (Fsp3) is 0.677. The first-order valence-electron chi connectivity index (χ1n) is 32.9. The Labute approximate surface area is 593 Å². The molecule has 19 aliphatic rings. The number of carbonyl (C=O) groups is 2. The molecule has 586 valence electrons. The number of hydrogen-bond acceptors (Lipinski definition) is 41. The minimum atomic E-state index is -5.44. The molecule has 0 unspecified atom stereocenters. The van der Waals surface area contributed by atoms with E-state index in [1.54, 1.807) is 0 Å². The number of hydrogen-bond donors (Lipinski definition) is 19. The maximum Gasteiger partial charge on any atom is 0.297 e. The zero-order chi connectivity index (χ0) is 75.6. The monoisotopic (exact) mass is 1540 g/mol. The average Bonchev–Trinajstić information content (AvgIpc) is 0.773. The van der Waals surface area contributed by atoms with E-state index < -0.39 is 303 Å². The van der Waals surface area contributed by atoms with Crippen LogP contribution in [-0.4, -0.2) is 387 Å². The number of rotatable bonds is 7. The second-order valence-electron chi connectivity index (χ2n) is 26.0. The summed E-state index contributed by atoms with van der Waals surface area (Å²) in [6.07, 6.45) is -79.3. The fourth-order valence-electron chi connectivity index (χ4n) is 13.7. The van der Waals surface area contributed by atoms with Gasteiger partial charge in [-0.15, -0.1) is 0 Å². The molecule has 19 N–H and O–H groups in total. The van der Waals surface area contributed by atoms with Gasteiger partial charge in [0.1, 0.15) is 159 Å². The number of aliphatic hydroxyl groups is 19. The molecule has 19 aliphatic heterocycles. The Balaban J connectivity index is 0.989. The van der Waals surface area contributed by atoms with Crippen molar-refractivity contribution >= 4 is 31.8 Å². The van der Waals surface area contributed by atoms with Crippen molar-refractivity contribution in [3.63, 3.8) is 0 Å². The van der Waals surface area contributed by atoms with E-state index in [4.69, 9.17) is 74.7 Å². The van der Waals surface area contributed by atoms with Crippen LogP contribution in [0.1, 0.15) is 31.8 Å². The second-order valence-corrected chi connectivity index (χ2v) is 29.1. The first-order chi connectivity index (χ1) is 50.0. The Hall–Kier alpha value is -4.50. The molecule has 35 atom stereocenters. The highest BCUT2D eigenvalue weighted by Gasteiger charge is 2.61. The summed E-state index contributed by atoms with van der Waals surface area (Å²) in [6, 6.07) is 12.5. The zero-order valence-corrected chi connectivity index (χ0v) is 56.0. The Bertz CT molecular complexity index is 3680. The Kier molecular flexibility index (Phi) is 25.0. The standard InChI is InChI=1S/C62H80O41S2/c63-13-26-47-35(72)40(77)56(88-26)95-48-27(14-64)89-59(41(78)36(48)73)98-52-31(18-68)93-62-54(45(52)82)102-104(84,85)24-5-1-3-22(11-24)33(70)20-7-9-21(10-8-20)34(71)23-4-2-6-25(12-23)105(86,87)103-55-46(83)53(32(19-69)94-61(55)100-50-29(16-66)91-57(96-47)43(80)38(50)75)99-60-42(79)37(74)49(28(15-65)90-60)97-58-44(81)39(76)51(101-62)30(17-67)92-58/h1-12,26-32,35-69,72-83H,13-19H2/t26-,27-,28-,29-,30-,31-,32-,35-,36-,37-,38-,39-,40-,41-,42-,43-,44-,45-,46-,47-,48-,49-,50-,51-,52-,53-,54-,55-,56-,57-,58-,59-,60-,61-,62-/m1/s1. The summed E-state index contributed by atoms with van der Waals surface area (Å²) in [5.74, 6) is -1.79. The molecule has 0 aliphatic carbocycles. The predicted octanol–water partition coefficient (Wildman–Crippen LogP) is -11.6. The highest BCUT2D eigenvalue weighted by molar-refractivity contribution is 7.87. The van der Waals surface area contributed by atoms with Gasteiger partial charge in [-0.3, -0.25) is 18.0 Å². The van der Waals surface area contributed by atoms with E-state index in [2.05, 4.69) is 0 Å². The molecule has 15 saturated heterocycles. The van der Waals surface area contributed by atoms with Crippen molar-refractivity contribution in [1.82, 2.24) is 0 Å². The van der Waals surface area contributed by atoms with Crippen LogP contribution in [0.2, 0.25) is 0 Å². The minimum Gasteiger partial charge on any atom is -0.394 e. The predicted molar refractivity (Wildman–Crippen MR) is 327 cm³/mol. The molecular formula is C62H80O41S2. The Morgan fingerprint density at radius 3 is 0.686 bits per heavy atom. The van der Waals surface area contributed by atoms with E-state index in [-0.39, 0.29) is 22.3 Å². The molecule has 41 nitrogen and oxygen atoms in total. The van der Waals surface area contributed by atoms with Crippen LogP contribution >= 0.6 is 0 Å². The Morgan fingerprint density at radius 2 is 0.457 bits per heavy atom. The molecule has 15 fully saturated rings. The summed E-state index contributed by atoms with van der Waals surface area (Å²) in [7, 11) is -10.9. The summed E-state index contributed by atoms with van der Waals surface area (Å²) in [4.78, 5) is 26.8. The molecule has 0 amide bonds. The van der Waals surface area contributed by atoms with E-state index in [0.29, 0.717) is 0 Å². The third-order valence-corrected chi connectivity index (χ3v) is 22.0. The lowest BCUT2D eigenvalue weighted by Crippen LogP contribution is -2.68. The average molecular weight is 1550 g/mol. The molecule has 3 aromatic rings. The highest BCUT2D eigenvalue weighted by Crippen LogP contribution is 2.41. The van der Waals surface area contributed by atoms with Crippen molar-refractivity contribution in [1.29, 1.82) is 0 Å². The normalized spacial score (nSPS) is 45.6. The Morgan fingerprint density at radius 1 is 0.248 bits per heavy atom. The van der Waals surface area contributed by atoms with Crippen LogP contribution in [0.25, 0.3) is 0 Å². The third kappa shape index (κ3) is 15.7. The highest BCUT2D eigenvalue weighted by atomic mass is 32.2. The molecular weight excluding hydrogens is 1460 g/mol. The van der Waals surface area contributed by atoms with Crippen LogP contribution in [0.3, 0.4) is 0 Å². The van der Waals surface area contributed by atoms with Crippen LogP contribution in [0.5, 0.6) is 0 Å². The van der Waals surface area contributed by atoms with Gasteiger partial charge in [0.25, 0.3) is 20.2 Å². The van der Waals surface area contributed by atoms with Crippen LogP contribution < -0.4 is 0 Å². The molecule has 22 bridgehead atoms. The van der Waals surface area contributed by atoms with Crippen LogP contribution in [-0.2, 0) is 94.9 Å². The first-order valence-corrected chi connectivity index (χ1v) is 35.7. The summed E-state index contributed by atoms with van der Waals surface area (Å²) >= 11 is 0. The van der Waals surface area contributed by atoms with Crippen molar-refractivity contribution in [3.8, 4) is 0 Å².